The molecule has 4 nitrogen and oxygen atoms in total. The van der Waals surface area contributed by atoms with E-state index in [1.54, 1.807) is 16.8 Å². The Hall–Kier alpha value is -2.46. The summed E-state index contributed by atoms with van der Waals surface area (Å²) >= 11 is 6.38. The zero-order valence-corrected chi connectivity index (χ0v) is 13.2. The van der Waals surface area contributed by atoms with Crippen LogP contribution >= 0.6 is 11.6 Å². The molecule has 0 amide bonds. The molecule has 5 heteroatoms. The van der Waals surface area contributed by atoms with E-state index in [2.05, 4.69) is 28.2 Å². The van der Waals surface area contributed by atoms with Crippen LogP contribution in [0, 0.1) is 6.92 Å². The van der Waals surface area contributed by atoms with Crippen LogP contribution in [-0.4, -0.2) is 19.6 Å². The van der Waals surface area contributed by atoms with Gasteiger partial charge >= 0.3 is 0 Å². The second kappa shape index (κ2) is 5.39. The smallest absolute Gasteiger partial charge is 0.166 e. The topological polar surface area (TPSA) is 43.1 Å². The molecule has 0 aliphatic heterocycles. The first kappa shape index (κ1) is 14.5. The molecule has 3 aromatic rings. The van der Waals surface area contributed by atoms with Crippen molar-refractivity contribution in [1.82, 2.24) is 19.6 Å². The zero-order valence-electron chi connectivity index (χ0n) is 12.5. The Labute approximate surface area is 133 Å². The number of hydrogen-bond acceptors (Lipinski definition) is 3. The van der Waals surface area contributed by atoms with Crippen LogP contribution < -0.4 is 0 Å². The van der Waals surface area contributed by atoms with Crippen molar-refractivity contribution < 1.29 is 0 Å². The fourth-order valence-electron chi connectivity index (χ4n) is 2.35. The number of pyridine rings is 1. The molecule has 0 fully saturated rings. The number of halogens is 1. The number of aryl methyl sites for hydroxylation is 1. The third-order valence-corrected chi connectivity index (χ3v) is 3.55. The van der Waals surface area contributed by atoms with Gasteiger partial charge in [-0.1, -0.05) is 42.5 Å². The molecular formula is C17H15ClN4. The molecule has 3 rings (SSSR count). The Kier molecular flexibility index (Phi) is 3.54. The number of fused-ring (bicyclic) bond motifs is 3. The van der Waals surface area contributed by atoms with Crippen molar-refractivity contribution in [2.24, 2.45) is 0 Å². The molecule has 22 heavy (non-hydrogen) atoms. The number of allylic oxidation sites excluding steroid dienone is 4. The fourth-order valence-corrected chi connectivity index (χ4v) is 2.59. The lowest BCUT2D eigenvalue weighted by Crippen LogP contribution is -1.98. The first-order valence-electron chi connectivity index (χ1n) is 6.81. The van der Waals surface area contributed by atoms with Gasteiger partial charge in [-0.2, -0.15) is 9.61 Å². The summed E-state index contributed by atoms with van der Waals surface area (Å²) in [5.41, 5.74) is 4.92. The van der Waals surface area contributed by atoms with Gasteiger partial charge in [0.2, 0.25) is 0 Å². The average molecular weight is 311 g/mol. The third kappa shape index (κ3) is 2.42. The van der Waals surface area contributed by atoms with Crippen LogP contribution in [0.3, 0.4) is 0 Å². The summed E-state index contributed by atoms with van der Waals surface area (Å²) in [5.74, 6) is 0. The Morgan fingerprint density at radius 2 is 2.14 bits per heavy atom. The van der Waals surface area contributed by atoms with Gasteiger partial charge in [-0.15, -0.1) is 0 Å². The summed E-state index contributed by atoms with van der Waals surface area (Å²) < 4.78 is 1.70. The van der Waals surface area contributed by atoms with Crippen LogP contribution in [0.15, 0.2) is 49.2 Å². The molecule has 0 radical (unpaired) electrons. The first-order chi connectivity index (χ1) is 10.5. The van der Waals surface area contributed by atoms with Gasteiger partial charge in [-0.05, 0) is 25.5 Å². The lowest BCUT2D eigenvalue weighted by atomic mass is 10.0. The normalized spacial score (nSPS) is 12.0. The number of hydrogen-bond donors (Lipinski definition) is 0. The van der Waals surface area contributed by atoms with E-state index in [0.717, 1.165) is 33.4 Å². The highest BCUT2D eigenvalue weighted by Crippen LogP contribution is 2.28. The number of nitrogens with zero attached hydrogens (tertiary/aromatic N) is 4. The van der Waals surface area contributed by atoms with Gasteiger partial charge in [0.1, 0.15) is 5.15 Å². The first-order valence-corrected chi connectivity index (χ1v) is 7.19. The van der Waals surface area contributed by atoms with Crippen molar-refractivity contribution in [2.75, 3.05) is 0 Å². The lowest BCUT2D eigenvalue weighted by molar-refractivity contribution is 0.939. The lowest BCUT2D eigenvalue weighted by Gasteiger charge is -2.08. The largest absolute Gasteiger partial charge is 0.236 e. The Bertz CT molecular complexity index is 950. The standard InChI is InChI=1S/C17H15ClN4/c1-5-12(6-10(2)3)14-8-13-9-19-15-7-11(4)21-22(15)17(13)20-16(14)18/h5-9H,1-2H2,3-4H3/b12-6+. The minimum Gasteiger partial charge on any atom is -0.236 e. The van der Waals surface area contributed by atoms with Crippen LogP contribution in [0.2, 0.25) is 5.15 Å². The molecule has 0 N–H and O–H groups in total. The summed E-state index contributed by atoms with van der Waals surface area (Å²) in [5, 5.41) is 5.68. The Morgan fingerprint density at radius 3 is 2.82 bits per heavy atom. The monoisotopic (exact) mass is 310 g/mol. The van der Waals surface area contributed by atoms with Crippen molar-refractivity contribution in [3.63, 3.8) is 0 Å². The minimum atomic E-state index is 0.403. The van der Waals surface area contributed by atoms with Crippen LogP contribution in [0.25, 0.3) is 22.3 Å². The summed E-state index contributed by atoms with van der Waals surface area (Å²) in [6, 6.07) is 3.85. The predicted octanol–water partition coefficient (Wildman–Crippen LogP) is 4.38. The second-order valence-electron chi connectivity index (χ2n) is 5.20. The molecule has 3 aromatic heterocycles. The molecule has 0 saturated heterocycles. The molecule has 3 heterocycles. The van der Waals surface area contributed by atoms with E-state index in [-0.39, 0.29) is 0 Å². The van der Waals surface area contributed by atoms with Crippen molar-refractivity contribution in [3.8, 4) is 0 Å². The van der Waals surface area contributed by atoms with E-state index in [9.17, 15) is 0 Å². The van der Waals surface area contributed by atoms with E-state index in [1.165, 1.54) is 0 Å². The van der Waals surface area contributed by atoms with E-state index < -0.39 is 0 Å². The van der Waals surface area contributed by atoms with Gasteiger partial charge in [-0.3, -0.25) is 0 Å². The maximum absolute atomic E-state index is 6.38. The molecular weight excluding hydrogens is 296 g/mol. The SMILES string of the molecule is C=C/C(=C\C(=C)C)c1cc2cnc3cc(C)nn3c2nc1Cl. The summed E-state index contributed by atoms with van der Waals surface area (Å²) in [4.78, 5) is 8.90. The fraction of sp³-hybridized carbons (Fsp3) is 0.118. The van der Waals surface area contributed by atoms with Gasteiger partial charge in [0.05, 0.1) is 5.69 Å². The molecule has 0 aliphatic rings. The predicted molar refractivity (Wildman–Crippen MR) is 91.0 cm³/mol. The Morgan fingerprint density at radius 1 is 1.36 bits per heavy atom. The molecule has 0 atom stereocenters. The van der Waals surface area contributed by atoms with Crippen LogP contribution in [0.4, 0.5) is 0 Å². The van der Waals surface area contributed by atoms with Crippen LogP contribution in [-0.2, 0) is 0 Å². The summed E-state index contributed by atoms with van der Waals surface area (Å²) in [7, 11) is 0. The van der Waals surface area contributed by atoms with Gasteiger partial charge in [-0.25, -0.2) is 9.97 Å². The van der Waals surface area contributed by atoms with E-state index in [0.29, 0.717) is 10.8 Å². The van der Waals surface area contributed by atoms with E-state index in [4.69, 9.17) is 11.6 Å². The average Bonchev–Trinajstić information content (AvgIpc) is 2.85. The van der Waals surface area contributed by atoms with Crippen LogP contribution in [0.1, 0.15) is 18.2 Å². The molecule has 0 saturated carbocycles. The highest BCUT2D eigenvalue weighted by Gasteiger charge is 2.11. The molecule has 0 aliphatic carbocycles. The highest BCUT2D eigenvalue weighted by molar-refractivity contribution is 6.31. The highest BCUT2D eigenvalue weighted by atomic mass is 35.5. The maximum atomic E-state index is 6.38. The van der Waals surface area contributed by atoms with Crippen molar-refractivity contribution in [1.29, 1.82) is 0 Å². The van der Waals surface area contributed by atoms with Gasteiger partial charge in [0, 0.05) is 23.2 Å². The van der Waals surface area contributed by atoms with Crippen molar-refractivity contribution >= 4 is 33.9 Å². The maximum Gasteiger partial charge on any atom is 0.166 e. The Balaban J connectivity index is 2.31. The third-order valence-electron chi connectivity index (χ3n) is 3.27. The number of aromatic nitrogens is 4. The quantitative estimate of drug-likeness (QED) is 0.532. The molecule has 0 unspecified atom stereocenters. The van der Waals surface area contributed by atoms with Crippen LogP contribution in [0.5, 0.6) is 0 Å². The summed E-state index contributed by atoms with van der Waals surface area (Å²) in [6.45, 7) is 11.6. The molecule has 0 aromatic carbocycles. The zero-order chi connectivity index (χ0) is 15.9. The second-order valence-corrected chi connectivity index (χ2v) is 5.56. The van der Waals surface area contributed by atoms with Crippen molar-refractivity contribution in [3.05, 3.63) is 65.6 Å². The van der Waals surface area contributed by atoms with Gasteiger partial charge in [0.25, 0.3) is 0 Å². The molecule has 110 valence electrons. The summed E-state index contributed by atoms with van der Waals surface area (Å²) in [6.07, 6.45) is 5.44. The van der Waals surface area contributed by atoms with Gasteiger partial charge in [0.15, 0.2) is 11.3 Å². The van der Waals surface area contributed by atoms with Crippen molar-refractivity contribution in [2.45, 2.75) is 13.8 Å². The van der Waals surface area contributed by atoms with Gasteiger partial charge < -0.3 is 0 Å². The van der Waals surface area contributed by atoms with E-state index >= 15 is 0 Å². The van der Waals surface area contributed by atoms with E-state index in [1.807, 2.05) is 32.1 Å². The minimum absolute atomic E-state index is 0.403. The molecule has 0 bridgehead atoms. The molecule has 0 spiro atoms. The number of rotatable bonds is 3.